The molecule has 0 aliphatic heterocycles. The van der Waals surface area contributed by atoms with Crippen molar-refractivity contribution in [1.82, 2.24) is 15.3 Å². The summed E-state index contributed by atoms with van der Waals surface area (Å²) < 4.78 is 0. The van der Waals surface area contributed by atoms with Gasteiger partial charge in [0.25, 0.3) is 5.91 Å². The van der Waals surface area contributed by atoms with E-state index < -0.39 is 0 Å². The lowest BCUT2D eigenvalue weighted by Crippen LogP contribution is -2.26. The lowest BCUT2D eigenvalue weighted by Gasteiger charge is -2.05. The number of pyridine rings is 1. The Bertz CT molecular complexity index is 567. The van der Waals surface area contributed by atoms with Crippen molar-refractivity contribution in [2.45, 2.75) is 19.9 Å². The zero-order valence-corrected chi connectivity index (χ0v) is 11.5. The third-order valence-corrected chi connectivity index (χ3v) is 3.44. The van der Waals surface area contributed by atoms with E-state index in [-0.39, 0.29) is 5.91 Å². The molecule has 2 aromatic heterocycles. The van der Waals surface area contributed by atoms with Crippen molar-refractivity contribution in [3.63, 3.8) is 0 Å². The first-order chi connectivity index (χ1) is 9.19. The van der Waals surface area contributed by atoms with E-state index >= 15 is 0 Å². The average molecular weight is 276 g/mol. The number of hydrogen-bond acceptors (Lipinski definition) is 5. The van der Waals surface area contributed by atoms with Crippen LogP contribution in [0.1, 0.15) is 26.8 Å². The summed E-state index contributed by atoms with van der Waals surface area (Å²) in [7, 11) is 0. The molecule has 0 aliphatic carbocycles. The van der Waals surface area contributed by atoms with E-state index in [1.807, 2.05) is 12.3 Å². The Kier molecular flexibility index (Phi) is 4.59. The standard InChI is InChI=1S/C13H16N4OS/c1-9-17-11(8-19-9)3-5-16-13(18)10-2-4-15-12(6-10)7-14/h2,4,6,8H,3,5,7,14H2,1H3,(H,16,18). The Balaban J connectivity index is 1.87. The van der Waals surface area contributed by atoms with Crippen LogP contribution in [0.3, 0.4) is 0 Å². The van der Waals surface area contributed by atoms with Crippen LogP contribution in [0.4, 0.5) is 0 Å². The van der Waals surface area contributed by atoms with E-state index in [0.717, 1.165) is 17.1 Å². The van der Waals surface area contributed by atoms with Crippen molar-refractivity contribution in [3.8, 4) is 0 Å². The molecule has 0 unspecified atom stereocenters. The summed E-state index contributed by atoms with van der Waals surface area (Å²) >= 11 is 1.62. The monoisotopic (exact) mass is 276 g/mol. The molecule has 0 aromatic carbocycles. The maximum Gasteiger partial charge on any atom is 0.251 e. The summed E-state index contributed by atoms with van der Waals surface area (Å²) in [6, 6.07) is 3.39. The molecule has 3 N–H and O–H groups in total. The molecule has 2 heterocycles. The van der Waals surface area contributed by atoms with E-state index in [2.05, 4.69) is 15.3 Å². The Morgan fingerprint density at radius 1 is 1.47 bits per heavy atom. The van der Waals surface area contributed by atoms with E-state index in [1.54, 1.807) is 29.7 Å². The van der Waals surface area contributed by atoms with Gasteiger partial charge in [-0.15, -0.1) is 11.3 Å². The minimum Gasteiger partial charge on any atom is -0.352 e. The summed E-state index contributed by atoms with van der Waals surface area (Å²) in [5.74, 6) is -0.107. The molecule has 19 heavy (non-hydrogen) atoms. The first-order valence-electron chi connectivity index (χ1n) is 6.03. The minimum absolute atomic E-state index is 0.107. The van der Waals surface area contributed by atoms with Crippen LogP contribution in [0.2, 0.25) is 0 Å². The van der Waals surface area contributed by atoms with Gasteiger partial charge in [0.15, 0.2) is 0 Å². The molecule has 0 fully saturated rings. The number of nitrogens with one attached hydrogen (secondary N) is 1. The largest absolute Gasteiger partial charge is 0.352 e. The third kappa shape index (κ3) is 3.84. The van der Waals surface area contributed by atoms with Crippen LogP contribution in [-0.2, 0) is 13.0 Å². The first kappa shape index (κ1) is 13.6. The number of nitrogens with zero attached hydrogens (tertiary/aromatic N) is 2. The second-order valence-corrected chi connectivity index (χ2v) is 5.17. The summed E-state index contributed by atoms with van der Waals surface area (Å²) in [5, 5.41) is 5.92. The van der Waals surface area contributed by atoms with Gasteiger partial charge in [0.2, 0.25) is 0 Å². The Labute approximate surface area is 115 Å². The molecule has 5 nitrogen and oxygen atoms in total. The van der Waals surface area contributed by atoms with Gasteiger partial charge in [0, 0.05) is 36.7 Å². The normalized spacial score (nSPS) is 10.4. The predicted octanol–water partition coefficient (Wildman–Crippen LogP) is 1.28. The van der Waals surface area contributed by atoms with Crippen LogP contribution in [0.15, 0.2) is 23.7 Å². The molecular formula is C13H16N4OS. The molecule has 0 saturated heterocycles. The Hall–Kier alpha value is -1.79. The number of nitrogens with two attached hydrogens (primary N) is 1. The maximum absolute atomic E-state index is 11.9. The number of aromatic nitrogens is 2. The lowest BCUT2D eigenvalue weighted by molar-refractivity contribution is 0.0954. The number of hydrogen-bond donors (Lipinski definition) is 2. The van der Waals surface area contributed by atoms with Gasteiger partial charge in [0.1, 0.15) is 0 Å². The lowest BCUT2D eigenvalue weighted by atomic mass is 10.2. The number of amides is 1. The average Bonchev–Trinajstić information content (AvgIpc) is 2.84. The molecule has 0 atom stereocenters. The van der Waals surface area contributed by atoms with Gasteiger partial charge in [-0.1, -0.05) is 0 Å². The fourth-order valence-electron chi connectivity index (χ4n) is 1.66. The maximum atomic E-state index is 11.9. The quantitative estimate of drug-likeness (QED) is 0.862. The van der Waals surface area contributed by atoms with Crippen LogP contribution in [-0.4, -0.2) is 22.4 Å². The van der Waals surface area contributed by atoms with E-state index in [4.69, 9.17) is 5.73 Å². The smallest absolute Gasteiger partial charge is 0.251 e. The molecule has 0 saturated carbocycles. The second-order valence-electron chi connectivity index (χ2n) is 4.10. The van der Waals surface area contributed by atoms with Crippen molar-refractivity contribution in [3.05, 3.63) is 45.7 Å². The molecule has 0 aliphatic rings. The van der Waals surface area contributed by atoms with Crippen LogP contribution in [0.25, 0.3) is 0 Å². The molecule has 6 heteroatoms. The van der Waals surface area contributed by atoms with Gasteiger partial charge < -0.3 is 11.1 Å². The molecule has 2 rings (SSSR count). The fourth-order valence-corrected chi connectivity index (χ4v) is 2.31. The van der Waals surface area contributed by atoms with Gasteiger partial charge in [-0.2, -0.15) is 0 Å². The number of carbonyl (C=O) groups excluding carboxylic acids is 1. The van der Waals surface area contributed by atoms with E-state index in [0.29, 0.717) is 24.3 Å². The molecule has 2 aromatic rings. The number of carbonyl (C=O) groups is 1. The highest BCUT2D eigenvalue weighted by Gasteiger charge is 2.06. The van der Waals surface area contributed by atoms with Gasteiger partial charge in [-0.3, -0.25) is 9.78 Å². The fraction of sp³-hybridized carbons (Fsp3) is 0.308. The summed E-state index contributed by atoms with van der Waals surface area (Å²) in [6.45, 7) is 2.87. The predicted molar refractivity (Wildman–Crippen MR) is 75.0 cm³/mol. The molecule has 0 spiro atoms. The van der Waals surface area contributed by atoms with Crippen molar-refractivity contribution < 1.29 is 4.79 Å². The highest BCUT2D eigenvalue weighted by Crippen LogP contribution is 2.08. The molecule has 1 amide bonds. The Morgan fingerprint density at radius 2 is 2.32 bits per heavy atom. The van der Waals surface area contributed by atoms with Crippen LogP contribution in [0.5, 0.6) is 0 Å². The molecule has 100 valence electrons. The second kappa shape index (κ2) is 6.40. The third-order valence-electron chi connectivity index (χ3n) is 2.62. The molecular weight excluding hydrogens is 260 g/mol. The van der Waals surface area contributed by atoms with Crippen molar-refractivity contribution in [1.29, 1.82) is 0 Å². The van der Waals surface area contributed by atoms with Gasteiger partial charge in [0.05, 0.1) is 16.4 Å². The zero-order valence-electron chi connectivity index (χ0n) is 10.7. The highest BCUT2D eigenvalue weighted by atomic mass is 32.1. The van der Waals surface area contributed by atoms with E-state index in [9.17, 15) is 4.79 Å². The van der Waals surface area contributed by atoms with Crippen LogP contribution in [0, 0.1) is 6.92 Å². The summed E-state index contributed by atoms with van der Waals surface area (Å²) in [5.41, 5.74) is 7.81. The number of rotatable bonds is 5. The minimum atomic E-state index is -0.107. The number of aryl methyl sites for hydroxylation is 1. The molecule has 0 radical (unpaired) electrons. The van der Waals surface area contributed by atoms with Crippen LogP contribution < -0.4 is 11.1 Å². The van der Waals surface area contributed by atoms with Crippen molar-refractivity contribution in [2.75, 3.05) is 6.54 Å². The first-order valence-corrected chi connectivity index (χ1v) is 6.91. The Morgan fingerprint density at radius 3 is 3.00 bits per heavy atom. The van der Waals surface area contributed by atoms with Gasteiger partial charge in [-0.25, -0.2) is 4.98 Å². The van der Waals surface area contributed by atoms with Crippen LogP contribution >= 0.6 is 11.3 Å². The van der Waals surface area contributed by atoms with Gasteiger partial charge >= 0.3 is 0 Å². The van der Waals surface area contributed by atoms with Crippen molar-refractivity contribution in [2.24, 2.45) is 5.73 Å². The highest BCUT2D eigenvalue weighted by molar-refractivity contribution is 7.09. The topological polar surface area (TPSA) is 80.9 Å². The van der Waals surface area contributed by atoms with Crippen molar-refractivity contribution >= 4 is 17.2 Å². The SMILES string of the molecule is Cc1nc(CCNC(=O)c2ccnc(CN)c2)cs1. The summed E-state index contributed by atoms with van der Waals surface area (Å²) in [6.07, 6.45) is 2.34. The summed E-state index contributed by atoms with van der Waals surface area (Å²) in [4.78, 5) is 20.3. The van der Waals surface area contributed by atoms with Gasteiger partial charge in [-0.05, 0) is 19.1 Å². The number of thiazole rings is 1. The zero-order chi connectivity index (χ0) is 13.7. The molecule has 0 bridgehead atoms. The van der Waals surface area contributed by atoms with E-state index in [1.165, 1.54) is 0 Å².